The van der Waals surface area contributed by atoms with Crippen LogP contribution in [-0.2, 0) is 0 Å². The first-order valence-corrected chi connectivity index (χ1v) is 14.0. The standard InChI is InChI=1S/C30H34Cl2N4O2/c1-3-37-25-13-14-26(27(19-25)38-4-2)30-34-28(21-5-9-23(31)10-6-21)29(22-7-11-24(32)12-8-22)36(30)20-35-17-15-33-16-18-35/h5-14,19,28-29,33H,3-4,15-18,20H2,1-2H3. The summed E-state index contributed by atoms with van der Waals surface area (Å²) >= 11 is 12.6. The maximum absolute atomic E-state index is 6.30. The van der Waals surface area contributed by atoms with Crippen molar-refractivity contribution in [3.63, 3.8) is 0 Å². The van der Waals surface area contributed by atoms with Crippen LogP contribution in [0.15, 0.2) is 71.7 Å². The smallest absolute Gasteiger partial charge is 0.137 e. The summed E-state index contributed by atoms with van der Waals surface area (Å²) in [6.45, 7) is 9.77. The molecule has 2 heterocycles. The lowest BCUT2D eigenvalue weighted by atomic mass is 9.94. The molecule has 0 spiro atoms. The van der Waals surface area contributed by atoms with Crippen LogP contribution in [-0.4, -0.2) is 61.7 Å². The zero-order valence-corrected chi connectivity index (χ0v) is 23.4. The second-order valence-corrected chi connectivity index (χ2v) is 10.3. The van der Waals surface area contributed by atoms with E-state index in [0.29, 0.717) is 18.2 Å². The van der Waals surface area contributed by atoms with E-state index in [-0.39, 0.29) is 12.1 Å². The average molecular weight is 554 g/mol. The molecule has 5 rings (SSSR count). The number of piperazine rings is 1. The molecule has 3 aromatic rings. The number of ether oxygens (including phenoxy) is 2. The van der Waals surface area contributed by atoms with Gasteiger partial charge in [0.15, 0.2) is 0 Å². The molecule has 0 aromatic heterocycles. The second kappa shape index (κ2) is 12.4. The first-order chi connectivity index (χ1) is 18.6. The van der Waals surface area contributed by atoms with Crippen molar-refractivity contribution >= 4 is 29.0 Å². The molecule has 0 amide bonds. The summed E-state index contributed by atoms with van der Waals surface area (Å²) in [5.74, 6) is 2.47. The molecule has 1 fully saturated rings. The van der Waals surface area contributed by atoms with Crippen LogP contribution in [0.2, 0.25) is 10.0 Å². The zero-order valence-electron chi connectivity index (χ0n) is 21.9. The van der Waals surface area contributed by atoms with E-state index >= 15 is 0 Å². The quantitative estimate of drug-likeness (QED) is 0.342. The van der Waals surface area contributed by atoms with E-state index < -0.39 is 0 Å². The molecule has 200 valence electrons. The van der Waals surface area contributed by atoms with E-state index in [1.54, 1.807) is 0 Å². The molecule has 1 saturated heterocycles. The van der Waals surface area contributed by atoms with Gasteiger partial charge in [-0.2, -0.15) is 0 Å². The molecule has 2 unspecified atom stereocenters. The van der Waals surface area contributed by atoms with Crippen molar-refractivity contribution < 1.29 is 9.47 Å². The fourth-order valence-corrected chi connectivity index (χ4v) is 5.44. The first kappa shape index (κ1) is 26.8. The van der Waals surface area contributed by atoms with E-state index in [1.165, 1.54) is 0 Å². The molecule has 0 saturated carbocycles. The number of nitrogens with one attached hydrogen (secondary N) is 1. The van der Waals surface area contributed by atoms with Gasteiger partial charge in [-0.1, -0.05) is 47.5 Å². The number of rotatable bonds is 9. The minimum absolute atomic E-state index is 0.0284. The summed E-state index contributed by atoms with van der Waals surface area (Å²) in [4.78, 5) is 10.3. The molecule has 3 aromatic carbocycles. The molecule has 8 heteroatoms. The monoisotopic (exact) mass is 552 g/mol. The minimum atomic E-state index is -0.132. The highest BCUT2D eigenvalue weighted by Gasteiger charge is 2.40. The highest BCUT2D eigenvalue weighted by atomic mass is 35.5. The van der Waals surface area contributed by atoms with E-state index in [1.807, 2.05) is 50.2 Å². The van der Waals surface area contributed by atoms with Gasteiger partial charge in [0.25, 0.3) is 0 Å². The molecule has 38 heavy (non-hydrogen) atoms. The number of hydrogen-bond acceptors (Lipinski definition) is 6. The van der Waals surface area contributed by atoms with Gasteiger partial charge in [-0.3, -0.25) is 9.89 Å². The third kappa shape index (κ3) is 5.94. The van der Waals surface area contributed by atoms with E-state index in [9.17, 15) is 0 Å². The Hall–Kier alpha value is -2.77. The average Bonchev–Trinajstić information content (AvgIpc) is 3.29. The van der Waals surface area contributed by atoms with Gasteiger partial charge < -0.3 is 19.7 Å². The van der Waals surface area contributed by atoms with Gasteiger partial charge in [0.1, 0.15) is 23.4 Å². The number of aliphatic imine (C=N–C) groups is 1. The summed E-state index contributed by atoms with van der Waals surface area (Å²) in [6.07, 6.45) is 0. The van der Waals surface area contributed by atoms with Gasteiger partial charge in [-0.25, -0.2) is 0 Å². The third-order valence-corrected chi connectivity index (χ3v) is 7.46. The first-order valence-electron chi connectivity index (χ1n) is 13.3. The fourth-order valence-electron chi connectivity index (χ4n) is 5.18. The van der Waals surface area contributed by atoms with Gasteiger partial charge >= 0.3 is 0 Å². The minimum Gasteiger partial charge on any atom is -0.494 e. The molecular formula is C30H34Cl2N4O2. The molecule has 2 aliphatic rings. The highest BCUT2D eigenvalue weighted by Crippen LogP contribution is 2.45. The number of benzene rings is 3. The number of halogens is 2. The van der Waals surface area contributed by atoms with Crippen LogP contribution in [0.3, 0.4) is 0 Å². The van der Waals surface area contributed by atoms with E-state index in [4.69, 9.17) is 37.7 Å². The Balaban J connectivity index is 1.64. The summed E-state index contributed by atoms with van der Waals surface area (Å²) in [7, 11) is 0. The Morgan fingerprint density at radius 1 is 0.842 bits per heavy atom. The molecular weight excluding hydrogens is 519 g/mol. The van der Waals surface area contributed by atoms with Crippen LogP contribution in [0.5, 0.6) is 11.5 Å². The van der Waals surface area contributed by atoms with Crippen LogP contribution >= 0.6 is 23.2 Å². The van der Waals surface area contributed by atoms with Gasteiger partial charge in [0.05, 0.1) is 31.5 Å². The largest absolute Gasteiger partial charge is 0.494 e. The topological polar surface area (TPSA) is 49.3 Å². The summed E-state index contributed by atoms with van der Waals surface area (Å²) in [5.41, 5.74) is 3.23. The van der Waals surface area contributed by atoms with Crippen LogP contribution in [0.25, 0.3) is 0 Å². The Morgan fingerprint density at radius 2 is 1.47 bits per heavy atom. The summed E-state index contributed by atoms with van der Waals surface area (Å²) < 4.78 is 11.9. The Labute approximate surface area is 235 Å². The van der Waals surface area contributed by atoms with Crippen LogP contribution < -0.4 is 14.8 Å². The van der Waals surface area contributed by atoms with Gasteiger partial charge in [0, 0.05) is 42.3 Å². The van der Waals surface area contributed by atoms with Crippen molar-refractivity contribution in [3.8, 4) is 11.5 Å². The van der Waals surface area contributed by atoms with Crippen LogP contribution in [0.4, 0.5) is 0 Å². The molecule has 6 nitrogen and oxygen atoms in total. The predicted octanol–water partition coefficient (Wildman–Crippen LogP) is 6.20. The maximum Gasteiger partial charge on any atom is 0.137 e. The second-order valence-electron chi connectivity index (χ2n) is 9.45. The van der Waals surface area contributed by atoms with E-state index in [2.05, 4.69) is 45.4 Å². The van der Waals surface area contributed by atoms with Crippen molar-refractivity contribution in [1.29, 1.82) is 0 Å². The third-order valence-electron chi connectivity index (χ3n) is 6.96. The molecule has 2 atom stereocenters. The number of nitrogens with zero attached hydrogens (tertiary/aromatic N) is 3. The zero-order chi connectivity index (χ0) is 26.5. The molecule has 0 aliphatic carbocycles. The van der Waals surface area contributed by atoms with Crippen LogP contribution in [0.1, 0.15) is 42.6 Å². The van der Waals surface area contributed by atoms with Crippen molar-refractivity contribution in [1.82, 2.24) is 15.1 Å². The van der Waals surface area contributed by atoms with Crippen molar-refractivity contribution in [2.24, 2.45) is 4.99 Å². The Kier molecular flexibility index (Phi) is 8.75. The Morgan fingerprint density at radius 3 is 2.11 bits per heavy atom. The lowest BCUT2D eigenvalue weighted by Crippen LogP contribution is -2.49. The maximum atomic E-state index is 6.30. The van der Waals surface area contributed by atoms with Crippen molar-refractivity contribution in [2.45, 2.75) is 25.9 Å². The SMILES string of the molecule is CCOc1ccc(C2=NC(c3ccc(Cl)cc3)C(c3ccc(Cl)cc3)N2CN2CCNCC2)c(OCC)c1. The van der Waals surface area contributed by atoms with Crippen molar-refractivity contribution in [2.75, 3.05) is 46.1 Å². The lowest BCUT2D eigenvalue weighted by Gasteiger charge is -2.37. The van der Waals surface area contributed by atoms with Gasteiger partial charge in [0.2, 0.25) is 0 Å². The molecule has 0 radical (unpaired) electrons. The normalized spacial score (nSPS) is 19.9. The van der Waals surface area contributed by atoms with E-state index in [0.717, 1.165) is 71.9 Å². The Bertz CT molecular complexity index is 1240. The highest BCUT2D eigenvalue weighted by molar-refractivity contribution is 6.30. The lowest BCUT2D eigenvalue weighted by molar-refractivity contribution is 0.142. The fraction of sp³-hybridized carbons (Fsp3) is 0.367. The number of hydrogen-bond donors (Lipinski definition) is 1. The summed E-state index contributed by atoms with van der Waals surface area (Å²) in [5, 5.41) is 4.89. The number of amidine groups is 1. The van der Waals surface area contributed by atoms with Crippen LogP contribution in [0, 0.1) is 0 Å². The molecule has 0 bridgehead atoms. The predicted molar refractivity (Wildman–Crippen MR) is 155 cm³/mol. The van der Waals surface area contributed by atoms with Gasteiger partial charge in [-0.15, -0.1) is 0 Å². The molecule has 2 aliphatic heterocycles. The summed E-state index contributed by atoms with van der Waals surface area (Å²) in [6, 6.07) is 22.1. The van der Waals surface area contributed by atoms with Gasteiger partial charge in [-0.05, 0) is 61.4 Å². The molecule has 1 N–H and O–H groups in total. The van der Waals surface area contributed by atoms with Crippen molar-refractivity contribution in [3.05, 3.63) is 93.5 Å².